The summed E-state index contributed by atoms with van der Waals surface area (Å²) in [6, 6.07) is 7.94. The van der Waals surface area contributed by atoms with E-state index in [1.165, 1.54) is 18.5 Å². The minimum atomic E-state index is -4.70. The van der Waals surface area contributed by atoms with Gasteiger partial charge in [0, 0.05) is 31.4 Å². The zero-order valence-corrected chi connectivity index (χ0v) is 17.4. The van der Waals surface area contributed by atoms with Crippen LogP contribution in [0.3, 0.4) is 0 Å². The van der Waals surface area contributed by atoms with Crippen LogP contribution in [0, 0.1) is 6.92 Å². The minimum Gasteiger partial charge on any atom is -0.386 e. The number of amides is 1. The molecule has 1 fully saturated rings. The third-order valence-corrected chi connectivity index (χ3v) is 5.49. The molecule has 1 aliphatic rings. The first-order valence-corrected chi connectivity index (χ1v) is 10.2. The molecule has 4 rings (SSSR count). The Morgan fingerprint density at radius 3 is 2.81 bits per heavy atom. The van der Waals surface area contributed by atoms with E-state index in [4.69, 9.17) is 0 Å². The fourth-order valence-corrected chi connectivity index (χ4v) is 3.98. The van der Waals surface area contributed by atoms with Crippen LogP contribution in [0.15, 0.2) is 36.7 Å². The number of nitrogens with zero attached hydrogens (tertiary/aromatic N) is 5. The second-order valence-corrected chi connectivity index (χ2v) is 8.05. The van der Waals surface area contributed by atoms with Gasteiger partial charge in [0.15, 0.2) is 0 Å². The van der Waals surface area contributed by atoms with Crippen molar-refractivity contribution in [2.24, 2.45) is 0 Å². The number of alkyl halides is 3. The van der Waals surface area contributed by atoms with Crippen LogP contribution in [0.25, 0.3) is 11.0 Å². The Balaban J connectivity index is 1.45. The third kappa shape index (κ3) is 4.67. The van der Waals surface area contributed by atoms with Gasteiger partial charge in [-0.15, -0.1) is 0 Å². The van der Waals surface area contributed by atoms with Gasteiger partial charge in [0.2, 0.25) is 11.7 Å². The smallest absolute Gasteiger partial charge is 0.386 e. The number of rotatable bonds is 5. The van der Waals surface area contributed by atoms with Crippen LogP contribution in [0.2, 0.25) is 0 Å². The van der Waals surface area contributed by atoms with Crippen molar-refractivity contribution in [3.8, 4) is 0 Å². The maximum atomic E-state index is 13.4. The Bertz CT molecular complexity index is 1130. The Labute approximate surface area is 182 Å². The van der Waals surface area contributed by atoms with E-state index in [1.807, 2.05) is 17.9 Å². The van der Waals surface area contributed by atoms with Gasteiger partial charge < -0.3 is 19.9 Å². The molecule has 0 bridgehead atoms. The van der Waals surface area contributed by atoms with Gasteiger partial charge in [-0.05, 0) is 31.9 Å². The molecule has 1 atom stereocenters. The number of β-amino-alcohol motifs (C(OH)–C–C–N with tert-alkyl or cyclic N) is 1. The van der Waals surface area contributed by atoms with Crippen molar-refractivity contribution in [1.29, 1.82) is 0 Å². The number of imidazole rings is 1. The first-order valence-electron chi connectivity index (χ1n) is 10.2. The van der Waals surface area contributed by atoms with Gasteiger partial charge in [-0.1, -0.05) is 12.1 Å². The highest BCUT2D eigenvalue weighted by Gasteiger charge is 2.38. The van der Waals surface area contributed by atoms with Crippen molar-refractivity contribution in [3.63, 3.8) is 0 Å². The van der Waals surface area contributed by atoms with Gasteiger partial charge in [0.1, 0.15) is 18.7 Å². The monoisotopic (exact) mass is 448 g/mol. The fourth-order valence-electron chi connectivity index (χ4n) is 3.98. The molecule has 2 aromatic heterocycles. The Kier molecular flexibility index (Phi) is 5.76. The third-order valence-electron chi connectivity index (χ3n) is 5.49. The van der Waals surface area contributed by atoms with Gasteiger partial charge >= 0.3 is 6.18 Å². The molecular weight excluding hydrogens is 425 g/mol. The molecule has 3 heterocycles. The molecule has 0 aliphatic carbocycles. The molecule has 1 amide bonds. The SMILES string of the molecule is Cc1cc(N2CCC[C@@](O)(CNC(=O)Cn3c(C(F)(F)F)nc4ccccc43)C2)ncn1. The predicted octanol–water partition coefficient (Wildman–Crippen LogP) is 2.30. The molecule has 11 heteroatoms. The molecule has 170 valence electrons. The largest absolute Gasteiger partial charge is 0.449 e. The summed E-state index contributed by atoms with van der Waals surface area (Å²) >= 11 is 0. The van der Waals surface area contributed by atoms with E-state index in [1.54, 1.807) is 12.1 Å². The topological polar surface area (TPSA) is 96.2 Å². The van der Waals surface area contributed by atoms with Crippen LogP contribution in [-0.2, 0) is 17.5 Å². The number of aliphatic hydroxyl groups is 1. The van der Waals surface area contributed by atoms with E-state index in [9.17, 15) is 23.1 Å². The molecule has 3 aromatic rings. The molecule has 0 unspecified atom stereocenters. The zero-order valence-electron chi connectivity index (χ0n) is 17.4. The molecule has 8 nitrogen and oxygen atoms in total. The van der Waals surface area contributed by atoms with Crippen molar-refractivity contribution >= 4 is 22.8 Å². The number of hydrogen-bond donors (Lipinski definition) is 2. The Morgan fingerprint density at radius 1 is 1.28 bits per heavy atom. The van der Waals surface area contributed by atoms with Crippen molar-refractivity contribution in [1.82, 2.24) is 24.8 Å². The summed E-state index contributed by atoms with van der Waals surface area (Å²) in [7, 11) is 0. The van der Waals surface area contributed by atoms with Crippen LogP contribution in [0.5, 0.6) is 0 Å². The maximum Gasteiger partial charge on any atom is 0.449 e. The maximum absolute atomic E-state index is 13.4. The number of para-hydroxylation sites is 2. The van der Waals surface area contributed by atoms with E-state index in [0.29, 0.717) is 25.2 Å². The normalized spacial score (nSPS) is 19.3. The van der Waals surface area contributed by atoms with E-state index >= 15 is 0 Å². The number of halogens is 3. The molecule has 32 heavy (non-hydrogen) atoms. The molecule has 2 N–H and O–H groups in total. The Hall–Kier alpha value is -3.21. The number of benzene rings is 1. The average molecular weight is 448 g/mol. The number of hydrogen-bond acceptors (Lipinski definition) is 6. The molecule has 0 spiro atoms. The number of fused-ring (bicyclic) bond motifs is 1. The van der Waals surface area contributed by atoms with Gasteiger partial charge in [-0.3, -0.25) is 4.79 Å². The summed E-state index contributed by atoms with van der Waals surface area (Å²) < 4.78 is 41.2. The van der Waals surface area contributed by atoms with Gasteiger partial charge in [0.05, 0.1) is 16.6 Å². The van der Waals surface area contributed by atoms with E-state index in [0.717, 1.165) is 10.3 Å². The van der Waals surface area contributed by atoms with Crippen molar-refractivity contribution in [3.05, 3.63) is 48.2 Å². The van der Waals surface area contributed by atoms with E-state index in [-0.39, 0.29) is 24.1 Å². The number of nitrogens with one attached hydrogen (secondary N) is 1. The second kappa shape index (κ2) is 8.38. The summed E-state index contributed by atoms with van der Waals surface area (Å²) in [4.78, 5) is 26.4. The number of aryl methyl sites for hydroxylation is 1. The van der Waals surface area contributed by atoms with Crippen LogP contribution >= 0.6 is 0 Å². The number of carbonyl (C=O) groups is 1. The number of piperidine rings is 1. The molecule has 1 aromatic carbocycles. The lowest BCUT2D eigenvalue weighted by molar-refractivity contribution is -0.147. The van der Waals surface area contributed by atoms with Gasteiger partial charge in [0.25, 0.3) is 0 Å². The van der Waals surface area contributed by atoms with Crippen LogP contribution in [-0.4, -0.2) is 55.8 Å². The summed E-state index contributed by atoms with van der Waals surface area (Å²) in [5, 5.41) is 13.6. The Morgan fingerprint density at radius 2 is 2.06 bits per heavy atom. The standard InChI is InChI=1S/C21H23F3N6O2/c1-14-9-17(27-13-26-14)29-8-4-7-20(32,12-29)11-25-18(31)10-30-16-6-3-2-5-15(16)28-19(30)21(22,23)24/h2-3,5-6,9,13,32H,4,7-8,10-12H2,1H3,(H,25,31)/t20-/m1/s1. The molecule has 0 radical (unpaired) electrons. The summed E-state index contributed by atoms with van der Waals surface area (Å²) in [5.41, 5.74) is -0.0483. The molecule has 1 saturated heterocycles. The summed E-state index contributed by atoms with van der Waals surface area (Å²) in [6.07, 6.45) is -2.11. The lowest BCUT2D eigenvalue weighted by Gasteiger charge is -2.39. The molecule has 1 aliphatic heterocycles. The number of aromatic nitrogens is 4. The van der Waals surface area contributed by atoms with Crippen molar-refractivity contribution < 1.29 is 23.1 Å². The van der Waals surface area contributed by atoms with Crippen molar-refractivity contribution in [2.75, 3.05) is 24.5 Å². The molecule has 0 saturated carbocycles. The van der Waals surface area contributed by atoms with Crippen molar-refractivity contribution in [2.45, 2.75) is 38.1 Å². The lowest BCUT2D eigenvalue weighted by Crippen LogP contribution is -2.55. The number of anilines is 1. The molecular formula is C21H23F3N6O2. The minimum absolute atomic E-state index is 0.0830. The second-order valence-electron chi connectivity index (χ2n) is 8.05. The highest BCUT2D eigenvalue weighted by Crippen LogP contribution is 2.31. The predicted molar refractivity (Wildman–Crippen MR) is 111 cm³/mol. The summed E-state index contributed by atoms with van der Waals surface area (Å²) in [6.45, 7) is 2.14. The highest BCUT2D eigenvalue weighted by atomic mass is 19.4. The quantitative estimate of drug-likeness (QED) is 0.622. The average Bonchev–Trinajstić information content (AvgIpc) is 3.11. The first-order chi connectivity index (χ1) is 15.1. The zero-order chi connectivity index (χ0) is 22.9. The van der Waals surface area contributed by atoms with Crippen LogP contribution < -0.4 is 10.2 Å². The highest BCUT2D eigenvalue weighted by molar-refractivity contribution is 5.81. The summed E-state index contributed by atoms with van der Waals surface area (Å²) in [5.74, 6) is -1.08. The van der Waals surface area contributed by atoms with Crippen LogP contribution in [0.1, 0.15) is 24.4 Å². The van der Waals surface area contributed by atoms with Gasteiger partial charge in [-0.25, -0.2) is 15.0 Å². The fraction of sp³-hybridized carbons (Fsp3) is 0.429. The van der Waals surface area contributed by atoms with Gasteiger partial charge in [-0.2, -0.15) is 13.2 Å². The number of carbonyl (C=O) groups excluding carboxylic acids is 1. The first kappa shape index (κ1) is 22.0. The van der Waals surface area contributed by atoms with Crippen LogP contribution in [0.4, 0.5) is 19.0 Å². The lowest BCUT2D eigenvalue weighted by atomic mass is 9.92. The van der Waals surface area contributed by atoms with E-state index in [2.05, 4.69) is 20.3 Å². The van der Waals surface area contributed by atoms with E-state index < -0.39 is 30.1 Å².